The number of rotatable bonds is 5. The van der Waals surface area contributed by atoms with Crippen LogP contribution >= 0.6 is 11.8 Å². The van der Waals surface area contributed by atoms with E-state index >= 15 is 0 Å². The third kappa shape index (κ3) is 3.23. The minimum absolute atomic E-state index is 0.175. The molecule has 0 bridgehead atoms. The molecule has 1 unspecified atom stereocenters. The van der Waals surface area contributed by atoms with E-state index < -0.39 is 22.7 Å². The van der Waals surface area contributed by atoms with Crippen LogP contribution in [-0.4, -0.2) is 21.2 Å². The first-order chi connectivity index (χ1) is 11.5. The van der Waals surface area contributed by atoms with Crippen LogP contribution in [-0.2, 0) is 0 Å². The van der Waals surface area contributed by atoms with E-state index in [9.17, 15) is 13.6 Å². The summed E-state index contributed by atoms with van der Waals surface area (Å²) in [5, 5.41) is 7.26. The number of furan rings is 1. The minimum atomic E-state index is -0.896. The maximum absolute atomic E-state index is 13.7. The van der Waals surface area contributed by atoms with Crippen LogP contribution in [0.4, 0.5) is 8.78 Å². The molecule has 0 aliphatic heterocycles. The molecule has 0 saturated heterocycles. The van der Waals surface area contributed by atoms with E-state index in [-0.39, 0.29) is 16.7 Å². The summed E-state index contributed by atoms with van der Waals surface area (Å²) in [6, 6.07) is 4.54. The van der Waals surface area contributed by atoms with Crippen molar-refractivity contribution in [2.24, 2.45) is 0 Å². The second kappa shape index (κ2) is 6.56. The molecule has 0 spiro atoms. The third-order valence-electron chi connectivity index (χ3n) is 3.34. The highest BCUT2D eigenvalue weighted by atomic mass is 32.2. The van der Waals surface area contributed by atoms with Gasteiger partial charge in [0, 0.05) is 6.07 Å². The van der Waals surface area contributed by atoms with Crippen molar-refractivity contribution in [1.82, 2.24) is 10.2 Å². The van der Waals surface area contributed by atoms with Gasteiger partial charge < -0.3 is 8.83 Å². The molecular weight excluding hydrogens is 338 g/mol. The number of halogens is 2. The van der Waals surface area contributed by atoms with Crippen LogP contribution in [0.5, 0.6) is 0 Å². The van der Waals surface area contributed by atoms with Crippen LogP contribution in [0, 0.1) is 18.6 Å². The maximum Gasteiger partial charge on any atom is 0.277 e. The number of hydrogen-bond acceptors (Lipinski definition) is 6. The number of thioether (sulfide) groups is 1. The standard InChI is InChI=1S/C16H12F2N2O3S/c1-8-11(5-6-22-8)15-19-20-16(23-15)24-9(2)14(21)12-4-3-10(17)7-13(12)18/h3-7,9H,1-2H3. The van der Waals surface area contributed by atoms with Gasteiger partial charge in [-0.3, -0.25) is 4.79 Å². The van der Waals surface area contributed by atoms with Crippen LogP contribution in [0.3, 0.4) is 0 Å². The Balaban J connectivity index is 1.75. The second-order valence-corrected chi connectivity index (χ2v) is 6.30. The molecule has 2 aromatic heterocycles. The Morgan fingerprint density at radius 2 is 2.04 bits per heavy atom. The molecule has 0 saturated carbocycles. The Hall–Kier alpha value is -2.48. The number of carbonyl (C=O) groups is 1. The number of hydrogen-bond donors (Lipinski definition) is 0. The first-order valence-corrected chi connectivity index (χ1v) is 7.87. The molecule has 0 amide bonds. The van der Waals surface area contributed by atoms with Crippen molar-refractivity contribution in [3.63, 3.8) is 0 Å². The molecule has 0 radical (unpaired) electrons. The topological polar surface area (TPSA) is 69.1 Å². The van der Waals surface area contributed by atoms with Gasteiger partial charge in [0.1, 0.15) is 17.4 Å². The summed E-state index contributed by atoms with van der Waals surface area (Å²) in [5.74, 6) is -1.21. The summed E-state index contributed by atoms with van der Waals surface area (Å²) in [4.78, 5) is 12.3. The first kappa shape index (κ1) is 16.4. The molecule has 3 rings (SSSR count). The number of Topliss-reactive ketones (excluding diaryl/α,β-unsaturated/α-hetero) is 1. The monoisotopic (exact) mass is 350 g/mol. The third-order valence-corrected chi connectivity index (χ3v) is 4.27. The molecule has 0 fully saturated rings. The second-order valence-electron chi connectivity index (χ2n) is 5.01. The molecule has 1 aromatic carbocycles. The fourth-order valence-electron chi connectivity index (χ4n) is 2.09. The Morgan fingerprint density at radius 3 is 2.71 bits per heavy atom. The number of aryl methyl sites for hydroxylation is 1. The lowest BCUT2D eigenvalue weighted by Crippen LogP contribution is -2.15. The van der Waals surface area contributed by atoms with E-state index in [1.165, 1.54) is 6.26 Å². The van der Waals surface area contributed by atoms with Crippen molar-refractivity contribution in [2.45, 2.75) is 24.3 Å². The largest absolute Gasteiger partial charge is 0.469 e. The van der Waals surface area contributed by atoms with E-state index in [1.54, 1.807) is 19.9 Å². The molecule has 8 heteroatoms. The Labute approximate surface area is 140 Å². The predicted molar refractivity (Wildman–Crippen MR) is 82.7 cm³/mol. The average Bonchev–Trinajstić information content (AvgIpc) is 3.15. The van der Waals surface area contributed by atoms with E-state index in [1.807, 2.05) is 0 Å². The lowest BCUT2D eigenvalue weighted by atomic mass is 10.1. The van der Waals surface area contributed by atoms with Gasteiger partial charge in [0.2, 0.25) is 0 Å². The number of aromatic nitrogens is 2. The summed E-state index contributed by atoms with van der Waals surface area (Å²) in [6.45, 7) is 3.35. The maximum atomic E-state index is 13.7. The predicted octanol–water partition coefficient (Wildman–Crippen LogP) is 4.28. The Bertz CT molecular complexity index is 891. The molecule has 5 nitrogen and oxygen atoms in total. The Morgan fingerprint density at radius 1 is 1.25 bits per heavy atom. The molecule has 0 aliphatic rings. The lowest BCUT2D eigenvalue weighted by Gasteiger charge is -2.08. The van der Waals surface area contributed by atoms with E-state index in [2.05, 4.69) is 10.2 Å². The van der Waals surface area contributed by atoms with Gasteiger partial charge >= 0.3 is 0 Å². The van der Waals surface area contributed by atoms with E-state index in [0.717, 1.165) is 23.9 Å². The van der Waals surface area contributed by atoms with Crippen LogP contribution in [0.25, 0.3) is 11.5 Å². The summed E-state index contributed by atoms with van der Waals surface area (Å²) < 4.78 is 37.3. The molecular formula is C16H12F2N2O3S. The minimum Gasteiger partial charge on any atom is -0.469 e. The average molecular weight is 350 g/mol. The lowest BCUT2D eigenvalue weighted by molar-refractivity contribution is 0.0989. The van der Waals surface area contributed by atoms with Gasteiger partial charge in [-0.2, -0.15) is 0 Å². The van der Waals surface area contributed by atoms with Crippen molar-refractivity contribution in [1.29, 1.82) is 0 Å². The highest BCUT2D eigenvalue weighted by Gasteiger charge is 2.23. The molecule has 2 heterocycles. The summed E-state index contributed by atoms with van der Waals surface area (Å²) in [6.07, 6.45) is 1.51. The zero-order chi connectivity index (χ0) is 17.3. The van der Waals surface area contributed by atoms with Crippen molar-refractivity contribution < 1.29 is 22.4 Å². The van der Waals surface area contributed by atoms with Gasteiger partial charge in [0.15, 0.2) is 5.78 Å². The molecule has 124 valence electrons. The molecule has 0 N–H and O–H groups in total. The Kier molecular flexibility index (Phi) is 4.48. The quantitative estimate of drug-likeness (QED) is 0.505. The number of nitrogens with zero attached hydrogens (tertiary/aromatic N) is 2. The SMILES string of the molecule is Cc1occc1-c1nnc(SC(C)C(=O)c2ccc(F)cc2F)o1. The van der Waals surface area contributed by atoms with Gasteiger partial charge in [-0.25, -0.2) is 8.78 Å². The fourth-order valence-corrected chi connectivity index (χ4v) is 2.84. The van der Waals surface area contributed by atoms with Gasteiger partial charge in [0.25, 0.3) is 11.1 Å². The fraction of sp³-hybridized carbons (Fsp3) is 0.188. The van der Waals surface area contributed by atoms with Crippen LogP contribution < -0.4 is 0 Å². The number of carbonyl (C=O) groups excluding carboxylic acids is 1. The zero-order valence-electron chi connectivity index (χ0n) is 12.7. The molecule has 3 aromatic rings. The van der Waals surface area contributed by atoms with Gasteiger partial charge in [-0.15, -0.1) is 10.2 Å². The molecule has 0 aliphatic carbocycles. The highest BCUT2D eigenvalue weighted by molar-refractivity contribution is 8.00. The van der Waals surface area contributed by atoms with Crippen LogP contribution in [0.1, 0.15) is 23.0 Å². The summed E-state index contributed by atoms with van der Waals surface area (Å²) in [5.41, 5.74) is 0.486. The van der Waals surface area contributed by atoms with Crippen molar-refractivity contribution in [3.05, 3.63) is 53.5 Å². The summed E-state index contributed by atoms with van der Waals surface area (Å²) >= 11 is 1.00. The van der Waals surface area contributed by atoms with E-state index in [0.29, 0.717) is 17.4 Å². The highest BCUT2D eigenvalue weighted by Crippen LogP contribution is 2.29. The van der Waals surface area contributed by atoms with Crippen LogP contribution in [0.2, 0.25) is 0 Å². The van der Waals surface area contributed by atoms with Crippen molar-refractivity contribution in [2.75, 3.05) is 0 Å². The first-order valence-electron chi connectivity index (χ1n) is 6.99. The normalized spacial score (nSPS) is 12.3. The summed E-state index contributed by atoms with van der Waals surface area (Å²) in [7, 11) is 0. The zero-order valence-corrected chi connectivity index (χ0v) is 13.6. The van der Waals surface area contributed by atoms with Gasteiger partial charge in [0.05, 0.1) is 22.6 Å². The molecule has 24 heavy (non-hydrogen) atoms. The smallest absolute Gasteiger partial charge is 0.277 e. The van der Waals surface area contributed by atoms with Crippen molar-refractivity contribution in [3.8, 4) is 11.5 Å². The van der Waals surface area contributed by atoms with Gasteiger partial charge in [-0.05, 0) is 32.0 Å². The number of benzene rings is 1. The van der Waals surface area contributed by atoms with Crippen LogP contribution in [0.15, 0.2) is 44.6 Å². The van der Waals surface area contributed by atoms with Gasteiger partial charge in [-0.1, -0.05) is 11.8 Å². The van der Waals surface area contributed by atoms with Crippen molar-refractivity contribution >= 4 is 17.5 Å². The van der Waals surface area contributed by atoms with E-state index in [4.69, 9.17) is 8.83 Å². The number of ketones is 1. The molecule has 1 atom stereocenters.